The predicted molar refractivity (Wildman–Crippen MR) is 84.2 cm³/mol. The second-order valence-electron chi connectivity index (χ2n) is 5.07. The van der Waals surface area contributed by atoms with Gasteiger partial charge in [-0.25, -0.2) is 14.3 Å². The summed E-state index contributed by atoms with van der Waals surface area (Å²) in [4.78, 5) is 32.3. The first-order chi connectivity index (χ1) is 12.6. The molecule has 12 nitrogen and oxygen atoms in total. The van der Waals surface area contributed by atoms with Gasteiger partial charge in [0.2, 0.25) is 5.91 Å². The van der Waals surface area contributed by atoms with E-state index in [1.807, 2.05) is 4.72 Å². The Balaban J connectivity index is 0.000000480. The number of amides is 3. The SMILES string of the molecule is N[C@H]1CN(C(=O)NS(=O)(=O)Nc2ccc(O)c(O)c2)C1=O.O=C(O)C(F)(F)F. The Morgan fingerprint density at radius 1 is 1.21 bits per heavy atom. The standard InChI is InChI=1S/C10H12N4O6S.C2HF3O2/c11-6-4-14(9(6)17)10(18)13-21(19,20)12-5-1-2-7(15)8(16)3-5;3-2(4,5)1(6)7/h1-3,6,12,15-16H,4,11H2,(H,13,18);(H,6,7)/t6-;/m0./s1. The second kappa shape index (κ2) is 8.17. The number of nitrogens with two attached hydrogens (primary N) is 1. The molecule has 0 radical (unpaired) electrons. The summed E-state index contributed by atoms with van der Waals surface area (Å²) in [6, 6.07) is 1.25. The minimum atomic E-state index is -5.08. The van der Waals surface area contributed by atoms with Crippen LogP contribution >= 0.6 is 0 Å². The number of imide groups is 1. The van der Waals surface area contributed by atoms with Crippen molar-refractivity contribution in [1.29, 1.82) is 0 Å². The molecule has 1 aromatic rings. The van der Waals surface area contributed by atoms with E-state index < -0.39 is 51.8 Å². The number of aliphatic carboxylic acids is 1. The van der Waals surface area contributed by atoms with Crippen molar-refractivity contribution >= 4 is 33.8 Å². The molecule has 0 saturated carbocycles. The Hall–Kier alpha value is -3.27. The van der Waals surface area contributed by atoms with Gasteiger partial charge in [-0.05, 0) is 12.1 Å². The van der Waals surface area contributed by atoms with Crippen LogP contribution in [-0.2, 0) is 19.8 Å². The number of urea groups is 1. The number of nitrogens with zero attached hydrogens (tertiary/aromatic N) is 1. The number of alkyl halides is 3. The van der Waals surface area contributed by atoms with E-state index in [2.05, 4.69) is 0 Å². The number of phenols is 2. The van der Waals surface area contributed by atoms with Gasteiger partial charge in [-0.1, -0.05) is 0 Å². The van der Waals surface area contributed by atoms with Crippen LogP contribution in [0.2, 0.25) is 0 Å². The summed E-state index contributed by atoms with van der Waals surface area (Å²) in [6.45, 7) is -0.0693. The first-order valence-corrected chi connectivity index (χ1v) is 8.36. The number of carbonyl (C=O) groups excluding carboxylic acids is 2. The van der Waals surface area contributed by atoms with Crippen LogP contribution in [-0.4, -0.2) is 65.3 Å². The number of carbonyl (C=O) groups is 3. The molecule has 1 aromatic carbocycles. The Bertz CT molecular complexity index is 889. The van der Waals surface area contributed by atoms with Gasteiger partial charge in [-0.3, -0.25) is 14.4 Å². The molecule has 28 heavy (non-hydrogen) atoms. The molecule has 0 unspecified atom stereocenters. The number of aromatic hydroxyl groups is 2. The Morgan fingerprint density at radius 2 is 1.75 bits per heavy atom. The molecule has 156 valence electrons. The summed E-state index contributed by atoms with van der Waals surface area (Å²) in [5.41, 5.74) is 5.19. The van der Waals surface area contributed by atoms with Crippen LogP contribution in [0.15, 0.2) is 18.2 Å². The van der Waals surface area contributed by atoms with Crippen molar-refractivity contribution in [2.24, 2.45) is 5.73 Å². The number of benzene rings is 1. The molecule has 1 heterocycles. The van der Waals surface area contributed by atoms with Crippen LogP contribution in [0.25, 0.3) is 0 Å². The number of carboxylic acids is 1. The fraction of sp³-hybridized carbons (Fsp3) is 0.250. The van der Waals surface area contributed by atoms with E-state index in [0.29, 0.717) is 4.90 Å². The molecular weight excluding hydrogens is 417 g/mol. The number of nitrogens with one attached hydrogen (secondary N) is 2. The molecule has 1 aliphatic rings. The van der Waals surface area contributed by atoms with Crippen LogP contribution < -0.4 is 15.2 Å². The largest absolute Gasteiger partial charge is 0.504 e. The van der Waals surface area contributed by atoms with Crippen molar-refractivity contribution in [3.63, 3.8) is 0 Å². The quantitative estimate of drug-likeness (QED) is 0.203. The number of anilines is 1. The number of halogens is 3. The number of carboxylic acid groups (broad SMARTS) is 1. The number of β-lactam (4-membered cyclic amide) rings is 1. The zero-order valence-corrected chi connectivity index (χ0v) is 14.3. The van der Waals surface area contributed by atoms with E-state index in [-0.39, 0.29) is 12.2 Å². The first-order valence-electron chi connectivity index (χ1n) is 6.87. The van der Waals surface area contributed by atoms with E-state index in [4.69, 9.17) is 20.7 Å². The topological polar surface area (TPSA) is 199 Å². The lowest BCUT2D eigenvalue weighted by atomic mass is 10.1. The smallest absolute Gasteiger partial charge is 0.490 e. The van der Waals surface area contributed by atoms with Crippen LogP contribution in [0, 0.1) is 0 Å². The third-order valence-electron chi connectivity index (χ3n) is 2.90. The normalized spacial score (nSPS) is 16.4. The zero-order valence-electron chi connectivity index (χ0n) is 13.5. The molecule has 1 fully saturated rings. The fourth-order valence-corrected chi connectivity index (χ4v) is 2.40. The van der Waals surface area contributed by atoms with Gasteiger partial charge in [0.05, 0.1) is 12.2 Å². The minimum Gasteiger partial charge on any atom is -0.504 e. The van der Waals surface area contributed by atoms with Gasteiger partial charge in [0.25, 0.3) is 0 Å². The van der Waals surface area contributed by atoms with Gasteiger partial charge in [0, 0.05) is 6.07 Å². The highest BCUT2D eigenvalue weighted by atomic mass is 32.2. The van der Waals surface area contributed by atoms with Crippen molar-refractivity contribution in [1.82, 2.24) is 9.62 Å². The van der Waals surface area contributed by atoms with E-state index in [1.165, 1.54) is 6.07 Å². The highest BCUT2D eigenvalue weighted by Crippen LogP contribution is 2.27. The second-order valence-corrected chi connectivity index (χ2v) is 6.49. The van der Waals surface area contributed by atoms with E-state index >= 15 is 0 Å². The molecule has 0 bridgehead atoms. The van der Waals surface area contributed by atoms with Gasteiger partial charge in [-0.15, -0.1) is 0 Å². The fourth-order valence-electron chi connectivity index (χ4n) is 1.57. The first kappa shape index (κ1) is 22.8. The summed E-state index contributed by atoms with van der Waals surface area (Å²) in [5, 5.41) is 25.5. The average molecular weight is 430 g/mol. The number of hydrogen-bond donors (Lipinski definition) is 6. The van der Waals surface area contributed by atoms with E-state index in [1.54, 1.807) is 4.72 Å². The summed E-state index contributed by atoms with van der Waals surface area (Å²) in [5.74, 6) is -4.40. The molecule has 0 aliphatic carbocycles. The average Bonchev–Trinajstić information content (AvgIpc) is 2.54. The molecule has 2 rings (SSSR count). The molecule has 1 aliphatic heterocycles. The van der Waals surface area contributed by atoms with E-state index in [9.17, 15) is 36.3 Å². The van der Waals surface area contributed by atoms with Gasteiger partial charge in [-0.2, -0.15) is 21.6 Å². The predicted octanol–water partition coefficient (Wildman–Crippen LogP) is -0.733. The Morgan fingerprint density at radius 3 is 2.14 bits per heavy atom. The third-order valence-corrected chi connectivity index (χ3v) is 3.85. The maximum absolute atomic E-state index is 11.7. The molecule has 16 heteroatoms. The van der Waals surface area contributed by atoms with Gasteiger partial charge in [0.15, 0.2) is 11.5 Å². The van der Waals surface area contributed by atoms with Crippen molar-refractivity contribution < 1.29 is 51.3 Å². The number of rotatable bonds is 3. The summed E-state index contributed by atoms with van der Waals surface area (Å²) in [7, 11) is -4.30. The lowest BCUT2D eigenvalue weighted by Crippen LogP contribution is -2.65. The molecule has 0 aromatic heterocycles. The zero-order chi connectivity index (χ0) is 21.9. The molecule has 1 atom stereocenters. The molecular formula is C12H13F3N4O8S. The van der Waals surface area contributed by atoms with Crippen LogP contribution in [0.3, 0.4) is 0 Å². The van der Waals surface area contributed by atoms with Crippen LogP contribution in [0.4, 0.5) is 23.7 Å². The maximum atomic E-state index is 11.7. The molecule has 1 saturated heterocycles. The molecule has 0 spiro atoms. The van der Waals surface area contributed by atoms with Crippen LogP contribution in [0.1, 0.15) is 0 Å². The minimum absolute atomic E-state index is 0.0693. The molecule has 3 amide bonds. The maximum Gasteiger partial charge on any atom is 0.490 e. The van der Waals surface area contributed by atoms with Crippen molar-refractivity contribution in [2.75, 3.05) is 11.3 Å². The summed E-state index contributed by atoms with van der Waals surface area (Å²) in [6.07, 6.45) is -5.08. The Labute approximate surface area is 154 Å². The van der Waals surface area contributed by atoms with Crippen LogP contribution in [0.5, 0.6) is 11.5 Å². The lowest BCUT2D eigenvalue weighted by Gasteiger charge is -2.33. The monoisotopic (exact) mass is 430 g/mol. The van der Waals surface area contributed by atoms with E-state index in [0.717, 1.165) is 12.1 Å². The highest BCUT2D eigenvalue weighted by molar-refractivity contribution is 7.91. The number of phenolic OH excluding ortho intramolecular Hbond substituents is 2. The highest BCUT2D eigenvalue weighted by Gasteiger charge is 2.39. The van der Waals surface area contributed by atoms with Gasteiger partial charge in [0.1, 0.15) is 6.04 Å². The van der Waals surface area contributed by atoms with Crippen molar-refractivity contribution in [2.45, 2.75) is 12.2 Å². The summed E-state index contributed by atoms with van der Waals surface area (Å²) < 4.78 is 58.7. The summed E-state index contributed by atoms with van der Waals surface area (Å²) >= 11 is 0. The Kier molecular flexibility index (Phi) is 6.65. The third kappa shape index (κ3) is 6.16. The lowest BCUT2D eigenvalue weighted by molar-refractivity contribution is -0.192. The van der Waals surface area contributed by atoms with Crippen molar-refractivity contribution in [3.8, 4) is 11.5 Å². The number of hydrogen-bond acceptors (Lipinski definition) is 8. The van der Waals surface area contributed by atoms with Crippen molar-refractivity contribution in [3.05, 3.63) is 18.2 Å². The van der Waals surface area contributed by atoms with Gasteiger partial charge < -0.3 is 21.1 Å². The van der Waals surface area contributed by atoms with Gasteiger partial charge >= 0.3 is 28.4 Å². The number of likely N-dealkylation sites (tertiary alicyclic amines) is 1. The molecule has 7 N–H and O–H groups in total.